The van der Waals surface area contributed by atoms with E-state index < -0.39 is 0 Å². The highest BCUT2D eigenvalue weighted by Gasteiger charge is 2.28. The Labute approximate surface area is 83.5 Å². The molecule has 0 aliphatic carbocycles. The minimum atomic E-state index is 0.106. The Balaban J connectivity index is 4.01. The maximum absolute atomic E-state index is 6.16. The standard InChI is InChI=1S/C11H26N2/c1-9(2)7-8-10(12)11(3,4)13(5)6/h9-10H,7-8,12H2,1-6H3. The molecule has 1 unspecified atom stereocenters. The third-order valence-corrected chi connectivity index (χ3v) is 3.12. The van der Waals surface area contributed by atoms with Gasteiger partial charge in [0.15, 0.2) is 0 Å². The van der Waals surface area contributed by atoms with Crippen molar-refractivity contribution in [3.8, 4) is 0 Å². The van der Waals surface area contributed by atoms with E-state index in [0.717, 1.165) is 12.3 Å². The number of likely N-dealkylation sites (N-methyl/N-ethyl adjacent to an activating group) is 1. The van der Waals surface area contributed by atoms with Crippen molar-refractivity contribution in [1.29, 1.82) is 0 Å². The van der Waals surface area contributed by atoms with Gasteiger partial charge < -0.3 is 10.6 Å². The van der Waals surface area contributed by atoms with Gasteiger partial charge in [-0.15, -0.1) is 0 Å². The van der Waals surface area contributed by atoms with Crippen LogP contribution in [-0.4, -0.2) is 30.6 Å². The first-order chi connectivity index (χ1) is 5.78. The first-order valence-corrected chi connectivity index (χ1v) is 5.21. The molecule has 0 aliphatic heterocycles. The van der Waals surface area contributed by atoms with E-state index in [-0.39, 0.29) is 11.6 Å². The monoisotopic (exact) mass is 186 g/mol. The largest absolute Gasteiger partial charge is 0.326 e. The summed E-state index contributed by atoms with van der Waals surface area (Å²) in [5.41, 5.74) is 6.27. The van der Waals surface area contributed by atoms with Crippen molar-refractivity contribution < 1.29 is 0 Å². The SMILES string of the molecule is CC(C)CCC(N)C(C)(C)N(C)C. The van der Waals surface area contributed by atoms with Gasteiger partial charge in [-0.3, -0.25) is 0 Å². The molecule has 0 fully saturated rings. The van der Waals surface area contributed by atoms with Crippen LogP contribution in [0.2, 0.25) is 0 Å². The fraction of sp³-hybridized carbons (Fsp3) is 1.00. The van der Waals surface area contributed by atoms with Crippen LogP contribution in [0.4, 0.5) is 0 Å². The van der Waals surface area contributed by atoms with Gasteiger partial charge in [-0.2, -0.15) is 0 Å². The number of nitrogens with two attached hydrogens (primary N) is 1. The summed E-state index contributed by atoms with van der Waals surface area (Å²) in [6.07, 6.45) is 2.33. The molecule has 13 heavy (non-hydrogen) atoms. The Morgan fingerprint density at radius 3 is 1.92 bits per heavy atom. The van der Waals surface area contributed by atoms with Crippen LogP contribution in [0.15, 0.2) is 0 Å². The molecule has 0 saturated carbocycles. The van der Waals surface area contributed by atoms with Gasteiger partial charge in [-0.1, -0.05) is 13.8 Å². The zero-order chi connectivity index (χ0) is 10.6. The molecule has 0 spiro atoms. The summed E-state index contributed by atoms with van der Waals surface area (Å²) in [7, 11) is 4.18. The molecular weight excluding hydrogens is 160 g/mol. The molecule has 1 atom stereocenters. The van der Waals surface area contributed by atoms with E-state index in [0.29, 0.717) is 0 Å². The van der Waals surface area contributed by atoms with E-state index in [4.69, 9.17) is 5.73 Å². The molecule has 0 bridgehead atoms. The van der Waals surface area contributed by atoms with Gasteiger partial charge in [0, 0.05) is 11.6 Å². The van der Waals surface area contributed by atoms with Crippen LogP contribution in [0, 0.1) is 5.92 Å². The summed E-state index contributed by atoms with van der Waals surface area (Å²) in [5, 5.41) is 0. The average Bonchev–Trinajstić information content (AvgIpc) is 1.99. The number of hydrogen-bond donors (Lipinski definition) is 1. The summed E-state index contributed by atoms with van der Waals surface area (Å²) in [6, 6.07) is 0.268. The van der Waals surface area contributed by atoms with Crippen LogP contribution in [0.3, 0.4) is 0 Å². The van der Waals surface area contributed by atoms with Crippen molar-refractivity contribution in [2.24, 2.45) is 11.7 Å². The Bertz CT molecular complexity index is 139. The molecule has 2 heteroatoms. The zero-order valence-electron chi connectivity index (χ0n) is 10.1. The molecule has 2 N–H and O–H groups in total. The minimum Gasteiger partial charge on any atom is -0.326 e. The van der Waals surface area contributed by atoms with Crippen LogP contribution in [0.5, 0.6) is 0 Å². The van der Waals surface area contributed by atoms with Gasteiger partial charge >= 0.3 is 0 Å². The summed E-state index contributed by atoms with van der Waals surface area (Å²) in [4.78, 5) is 2.21. The van der Waals surface area contributed by atoms with E-state index in [1.54, 1.807) is 0 Å². The molecule has 0 aliphatic rings. The predicted molar refractivity (Wildman–Crippen MR) is 59.8 cm³/mol. The van der Waals surface area contributed by atoms with E-state index in [1.807, 2.05) is 0 Å². The number of rotatable bonds is 5. The molecule has 0 aromatic carbocycles. The topological polar surface area (TPSA) is 29.3 Å². The fourth-order valence-electron chi connectivity index (χ4n) is 1.20. The van der Waals surface area contributed by atoms with E-state index in [9.17, 15) is 0 Å². The van der Waals surface area contributed by atoms with Crippen LogP contribution in [0.1, 0.15) is 40.5 Å². The van der Waals surface area contributed by atoms with Crippen LogP contribution in [-0.2, 0) is 0 Å². The highest BCUT2D eigenvalue weighted by Crippen LogP contribution is 2.19. The summed E-state index contributed by atoms with van der Waals surface area (Å²) in [6.45, 7) is 8.90. The second kappa shape index (κ2) is 4.97. The van der Waals surface area contributed by atoms with Crippen LogP contribution >= 0.6 is 0 Å². The molecular formula is C11H26N2. The molecule has 0 radical (unpaired) electrons. The molecule has 0 saturated heterocycles. The van der Waals surface area contributed by atoms with Crippen LogP contribution in [0.25, 0.3) is 0 Å². The first kappa shape index (κ1) is 12.9. The van der Waals surface area contributed by atoms with Gasteiger partial charge in [0.25, 0.3) is 0 Å². The minimum absolute atomic E-state index is 0.106. The summed E-state index contributed by atoms with van der Waals surface area (Å²) in [5.74, 6) is 0.754. The first-order valence-electron chi connectivity index (χ1n) is 5.21. The molecule has 0 aromatic rings. The van der Waals surface area contributed by atoms with E-state index in [2.05, 4.69) is 46.7 Å². The highest BCUT2D eigenvalue weighted by atomic mass is 15.2. The highest BCUT2D eigenvalue weighted by molar-refractivity contribution is 4.88. The molecule has 0 aromatic heterocycles. The lowest BCUT2D eigenvalue weighted by molar-refractivity contribution is 0.150. The predicted octanol–water partition coefficient (Wildman–Crippen LogP) is 2.09. The van der Waals surface area contributed by atoms with Crippen molar-refractivity contribution in [2.45, 2.75) is 52.1 Å². The smallest absolute Gasteiger partial charge is 0.0298 e. The summed E-state index contributed by atoms with van der Waals surface area (Å²) >= 11 is 0. The van der Waals surface area contributed by atoms with Gasteiger partial charge in [-0.05, 0) is 46.7 Å². The zero-order valence-corrected chi connectivity index (χ0v) is 10.1. The summed E-state index contributed by atoms with van der Waals surface area (Å²) < 4.78 is 0. The fourth-order valence-corrected chi connectivity index (χ4v) is 1.20. The average molecular weight is 186 g/mol. The number of hydrogen-bond acceptors (Lipinski definition) is 2. The van der Waals surface area contributed by atoms with Gasteiger partial charge in [0.1, 0.15) is 0 Å². The van der Waals surface area contributed by atoms with E-state index in [1.165, 1.54) is 6.42 Å². The Morgan fingerprint density at radius 1 is 1.15 bits per heavy atom. The molecule has 0 amide bonds. The second-order valence-electron chi connectivity index (χ2n) is 5.13. The van der Waals surface area contributed by atoms with Crippen molar-refractivity contribution in [3.63, 3.8) is 0 Å². The molecule has 0 heterocycles. The second-order valence-corrected chi connectivity index (χ2v) is 5.13. The molecule has 80 valence electrons. The van der Waals surface area contributed by atoms with Gasteiger partial charge in [0.2, 0.25) is 0 Å². The van der Waals surface area contributed by atoms with Crippen LogP contribution < -0.4 is 5.73 Å². The Hall–Kier alpha value is -0.0800. The van der Waals surface area contributed by atoms with Crippen molar-refractivity contribution in [3.05, 3.63) is 0 Å². The Morgan fingerprint density at radius 2 is 1.62 bits per heavy atom. The van der Waals surface area contributed by atoms with Crippen molar-refractivity contribution >= 4 is 0 Å². The van der Waals surface area contributed by atoms with Crippen molar-refractivity contribution in [1.82, 2.24) is 4.90 Å². The van der Waals surface area contributed by atoms with Gasteiger partial charge in [0.05, 0.1) is 0 Å². The normalized spacial score (nSPS) is 15.5. The maximum atomic E-state index is 6.16. The lowest BCUT2D eigenvalue weighted by atomic mass is 9.88. The Kier molecular flexibility index (Phi) is 4.93. The van der Waals surface area contributed by atoms with Crippen molar-refractivity contribution in [2.75, 3.05) is 14.1 Å². The third-order valence-electron chi connectivity index (χ3n) is 3.12. The third kappa shape index (κ3) is 4.10. The lowest BCUT2D eigenvalue weighted by Gasteiger charge is -2.38. The molecule has 0 rings (SSSR count). The van der Waals surface area contributed by atoms with E-state index >= 15 is 0 Å². The van der Waals surface area contributed by atoms with Gasteiger partial charge in [-0.25, -0.2) is 0 Å². The number of nitrogens with zero attached hydrogens (tertiary/aromatic N) is 1. The maximum Gasteiger partial charge on any atom is 0.0298 e. The lowest BCUT2D eigenvalue weighted by Crippen LogP contribution is -2.53. The molecule has 2 nitrogen and oxygen atoms in total. The quantitative estimate of drug-likeness (QED) is 0.712.